The maximum absolute atomic E-state index is 13.7. The molecule has 2 N–H and O–H groups in total. The first kappa shape index (κ1) is 14.0. The lowest BCUT2D eigenvalue weighted by Gasteiger charge is -2.13. The van der Waals surface area contributed by atoms with Crippen LogP contribution >= 0.6 is 0 Å². The molecule has 0 saturated heterocycles. The summed E-state index contributed by atoms with van der Waals surface area (Å²) in [4.78, 5) is 0. The number of hydrogen-bond acceptors (Lipinski definition) is 2. The zero-order chi connectivity index (χ0) is 14.8. The van der Waals surface area contributed by atoms with Crippen LogP contribution in [0.3, 0.4) is 0 Å². The predicted molar refractivity (Wildman–Crippen MR) is 77.2 cm³/mol. The van der Waals surface area contributed by atoms with Gasteiger partial charge in [0.05, 0.1) is 6.61 Å². The number of nitrogens with two attached hydrogens (primary N) is 1. The highest BCUT2D eigenvalue weighted by Crippen LogP contribution is 2.27. The zero-order valence-corrected chi connectivity index (χ0v) is 11.6. The minimum atomic E-state index is -0.849. The van der Waals surface area contributed by atoms with Crippen LogP contribution in [-0.4, -0.2) is 6.61 Å². The second-order valence-electron chi connectivity index (χ2n) is 5.33. The van der Waals surface area contributed by atoms with Gasteiger partial charge in [-0.3, -0.25) is 0 Å². The van der Waals surface area contributed by atoms with Crippen LogP contribution in [0.5, 0.6) is 5.75 Å². The highest BCUT2D eigenvalue weighted by atomic mass is 19.2. The number of benzene rings is 2. The number of rotatable bonds is 4. The summed E-state index contributed by atoms with van der Waals surface area (Å²) in [6.07, 6.45) is 2.22. The Labute approximate surface area is 122 Å². The quantitative estimate of drug-likeness (QED) is 0.934. The maximum Gasteiger partial charge on any atom is 0.163 e. The molecule has 1 heterocycles. The molecular formula is C17H17F2NO. The molecule has 2 aromatic carbocycles. The lowest BCUT2D eigenvalue weighted by atomic mass is 9.98. The molecule has 0 bridgehead atoms. The number of aryl methyl sites for hydroxylation is 1. The lowest BCUT2D eigenvalue weighted by molar-refractivity contribution is 0.357. The van der Waals surface area contributed by atoms with Gasteiger partial charge in [0.15, 0.2) is 11.6 Å². The number of ether oxygens (including phenoxy) is 1. The third-order valence-electron chi connectivity index (χ3n) is 3.88. The second-order valence-corrected chi connectivity index (χ2v) is 5.33. The largest absolute Gasteiger partial charge is 0.493 e. The predicted octanol–water partition coefficient (Wildman–Crippen LogP) is 3.53. The van der Waals surface area contributed by atoms with Crippen LogP contribution in [0.25, 0.3) is 0 Å². The van der Waals surface area contributed by atoms with Crippen molar-refractivity contribution >= 4 is 0 Å². The first-order valence-electron chi connectivity index (χ1n) is 7.09. The van der Waals surface area contributed by atoms with Crippen molar-refractivity contribution in [3.63, 3.8) is 0 Å². The van der Waals surface area contributed by atoms with Crippen molar-refractivity contribution in [1.29, 1.82) is 0 Å². The normalized spacial score (nSPS) is 14.6. The first-order chi connectivity index (χ1) is 10.1. The molecule has 4 heteroatoms. The molecule has 2 aromatic rings. The van der Waals surface area contributed by atoms with Gasteiger partial charge in [-0.15, -0.1) is 0 Å². The van der Waals surface area contributed by atoms with E-state index in [1.165, 1.54) is 11.6 Å². The minimum Gasteiger partial charge on any atom is -0.493 e. The molecule has 2 nitrogen and oxygen atoms in total. The summed E-state index contributed by atoms with van der Waals surface area (Å²) in [5.74, 6) is -0.746. The van der Waals surface area contributed by atoms with Crippen molar-refractivity contribution in [2.24, 2.45) is 5.73 Å². The van der Waals surface area contributed by atoms with Crippen molar-refractivity contribution in [2.45, 2.75) is 25.3 Å². The van der Waals surface area contributed by atoms with Crippen LogP contribution < -0.4 is 10.5 Å². The number of hydrogen-bond donors (Lipinski definition) is 1. The van der Waals surface area contributed by atoms with Gasteiger partial charge in [0.1, 0.15) is 5.75 Å². The molecule has 21 heavy (non-hydrogen) atoms. The fourth-order valence-corrected chi connectivity index (χ4v) is 2.68. The fraction of sp³-hybridized carbons (Fsp3) is 0.294. The zero-order valence-electron chi connectivity index (χ0n) is 11.6. The lowest BCUT2D eigenvalue weighted by Crippen LogP contribution is -2.14. The van der Waals surface area contributed by atoms with Crippen LogP contribution in [0.4, 0.5) is 8.78 Å². The van der Waals surface area contributed by atoms with Gasteiger partial charge in [-0.25, -0.2) is 8.78 Å². The molecule has 0 aliphatic carbocycles. The van der Waals surface area contributed by atoms with Crippen LogP contribution in [-0.2, 0) is 12.8 Å². The van der Waals surface area contributed by atoms with Crippen molar-refractivity contribution in [3.05, 3.63) is 64.7 Å². The van der Waals surface area contributed by atoms with Gasteiger partial charge >= 0.3 is 0 Å². The molecule has 1 aliphatic heterocycles. The van der Waals surface area contributed by atoms with Crippen LogP contribution in [0.15, 0.2) is 36.4 Å². The maximum atomic E-state index is 13.7. The van der Waals surface area contributed by atoms with Gasteiger partial charge < -0.3 is 10.5 Å². The Bertz CT molecular complexity index is 657. The topological polar surface area (TPSA) is 35.2 Å². The summed E-state index contributed by atoms with van der Waals surface area (Å²) in [6, 6.07) is 9.69. The van der Waals surface area contributed by atoms with Crippen LogP contribution in [0.1, 0.15) is 29.2 Å². The third-order valence-corrected chi connectivity index (χ3v) is 3.88. The van der Waals surface area contributed by atoms with Crippen molar-refractivity contribution in [1.82, 2.24) is 0 Å². The first-order valence-corrected chi connectivity index (χ1v) is 7.09. The molecule has 1 unspecified atom stereocenters. The fourth-order valence-electron chi connectivity index (χ4n) is 2.68. The summed E-state index contributed by atoms with van der Waals surface area (Å²) in [5.41, 5.74) is 8.58. The summed E-state index contributed by atoms with van der Waals surface area (Å²) < 4.78 is 32.4. The summed E-state index contributed by atoms with van der Waals surface area (Å²) in [7, 11) is 0. The smallest absolute Gasteiger partial charge is 0.163 e. The Hall–Kier alpha value is -1.94. The second kappa shape index (κ2) is 5.82. The third kappa shape index (κ3) is 2.90. The van der Waals surface area contributed by atoms with E-state index in [0.29, 0.717) is 6.42 Å². The molecule has 0 amide bonds. The monoisotopic (exact) mass is 289 g/mol. The standard InChI is InChI=1S/C17H17F2NO/c18-14-3-1-2-13(17(14)19)15(20)6-4-11-5-7-16-12(10-11)8-9-21-16/h1-3,5,7,10,15H,4,6,8-9,20H2. The average Bonchev–Trinajstić information content (AvgIpc) is 2.95. The molecule has 0 saturated carbocycles. The highest BCUT2D eigenvalue weighted by molar-refractivity contribution is 5.40. The highest BCUT2D eigenvalue weighted by Gasteiger charge is 2.16. The van der Waals surface area contributed by atoms with E-state index in [-0.39, 0.29) is 5.56 Å². The van der Waals surface area contributed by atoms with E-state index in [0.717, 1.165) is 36.8 Å². The van der Waals surface area contributed by atoms with E-state index < -0.39 is 17.7 Å². The Morgan fingerprint density at radius 1 is 1.19 bits per heavy atom. The van der Waals surface area contributed by atoms with Gasteiger partial charge in [-0.2, -0.15) is 0 Å². The Kier molecular flexibility index (Phi) is 3.88. The summed E-state index contributed by atoms with van der Waals surface area (Å²) >= 11 is 0. The van der Waals surface area contributed by atoms with E-state index in [4.69, 9.17) is 10.5 Å². The molecular weight excluding hydrogens is 272 g/mol. The van der Waals surface area contributed by atoms with E-state index in [9.17, 15) is 8.78 Å². The average molecular weight is 289 g/mol. The Balaban J connectivity index is 1.68. The Morgan fingerprint density at radius 3 is 2.90 bits per heavy atom. The van der Waals surface area contributed by atoms with E-state index >= 15 is 0 Å². The van der Waals surface area contributed by atoms with E-state index in [2.05, 4.69) is 6.07 Å². The van der Waals surface area contributed by atoms with Gasteiger partial charge in [-0.05, 0) is 36.1 Å². The molecule has 0 spiro atoms. The molecule has 1 aliphatic rings. The molecule has 110 valence electrons. The van der Waals surface area contributed by atoms with Crippen LogP contribution in [0, 0.1) is 11.6 Å². The van der Waals surface area contributed by atoms with E-state index in [1.807, 2.05) is 12.1 Å². The van der Waals surface area contributed by atoms with Crippen LogP contribution in [0.2, 0.25) is 0 Å². The molecule has 0 radical (unpaired) electrons. The SMILES string of the molecule is NC(CCc1ccc2c(c1)CCO2)c1cccc(F)c1F. The van der Waals surface area contributed by atoms with E-state index in [1.54, 1.807) is 6.07 Å². The number of fused-ring (bicyclic) bond motifs is 1. The molecule has 0 aromatic heterocycles. The number of halogens is 2. The molecule has 0 fully saturated rings. The minimum absolute atomic E-state index is 0.236. The van der Waals surface area contributed by atoms with Gasteiger partial charge in [0.25, 0.3) is 0 Å². The van der Waals surface area contributed by atoms with Crippen molar-refractivity contribution in [2.75, 3.05) is 6.61 Å². The summed E-state index contributed by atoms with van der Waals surface area (Å²) in [5, 5.41) is 0. The molecule has 1 atom stereocenters. The van der Waals surface area contributed by atoms with Gasteiger partial charge in [0, 0.05) is 18.0 Å². The Morgan fingerprint density at radius 2 is 2.05 bits per heavy atom. The van der Waals surface area contributed by atoms with Gasteiger partial charge in [0.2, 0.25) is 0 Å². The molecule has 3 rings (SSSR count). The summed E-state index contributed by atoms with van der Waals surface area (Å²) in [6.45, 7) is 0.729. The van der Waals surface area contributed by atoms with Crippen molar-refractivity contribution in [3.8, 4) is 5.75 Å². The van der Waals surface area contributed by atoms with Crippen molar-refractivity contribution < 1.29 is 13.5 Å². The van der Waals surface area contributed by atoms with Gasteiger partial charge in [-0.1, -0.05) is 24.3 Å².